The summed E-state index contributed by atoms with van der Waals surface area (Å²) in [5.41, 5.74) is 0. The van der Waals surface area contributed by atoms with E-state index in [2.05, 4.69) is 20.4 Å². The van der Waals surface area contributed by atoms with E-state index < -0.39 is 10.0 Å². The molecule has 2 aromatic heterocycles. The minimum atomic E-state index is -3.47. The third-order valence-corrected chi connectivity index (χ3v) is 5.23. The smallest absolute Gasteiger partial charge is 0.241 e. The zero-order valence-electron chi connectivity index (χ0n) is 11.1. The number of aromatic nitrogens is 3. The molecule has 9 heteroatoms. The van der Waals surface area contributed by atoms with Gasteiger partial charge in [0.2, 0.25) is 10.0 Å². The molecular weight excluding hydrogens is 298 g/mol. The van der Waals surface area contributed by atoms with E-state index in [1.807, 2.05) is 6.92 Å². The summed E-state index contributed by atoms with van der Waals surface area (Å²) in [6.07, 6.45) is 3.25. The van der Waals surface area contributed by atoms with Gasteiger partial charge in [0.05, 0.1) is 17.6 Å². The van der Waals surface area contributed by atoms with Crippen LogP contribution in [-0.4, -0.2) is 36.5 Å². The van der Waals surface area contributed by atoms with Crippen LogP contribution in [0.25, 0.3) is 0 Å². The Morgan fingerprint density at radius 1 is 1.45 bits per heavy atom. The van der Waals surface area contributed by atoms with Gasteiger partial charge in [-0.05, 0) is 18.0 Å². The molecule has 7 nitrogen and oxygen atoms in total. The number of nitrogens with zero attached hydrogens (tertiary/aromatic N) is 3. The van der Waals surface area contributed by atoms with Gasteiger partial charge in [-0.3, -0.25) is 4.68 Å². The van der Waals surface area contributed by atoms with Gasteiger partial charge in [0.15, 0.2) is 0 Å². The lowest BCUT2D eigenvalue weighted by Crippen LogP contribution is -2.28. The highest BCUT2D eigenvalue weighted by molar-refractivity contribution is 7.89. The molecule has 0 unspecified atom stereocenters. The van der Waals surface area contributed by atoms with E-state index in [9.17, 15) is 8.42 Å². The molecular formula is C11H17N5O2S2. The van der Waals surface area contributed by atoms with Gasteiger partial charge in [-0.25, -0.2) is 13.1 Å². The van der Waals surface area contributed by atoms with Gasteiger partial charge >= 0.3 is 0 Å². The predicted octanol–water partition coefficient (Wildman–Crippen LogP) is 0.428. The van der Waals surface area contributed by atoms with E-state index in [1.165, 1.54) is 11.3 Å². The summed E-state index contributed by atoms with van der Waals surface area (Å²) in [5.74, 6) is 0. The molecule has 0 amide bonds. The second kappa shape index (κ2) is 6.93. The number of rotatable bonds is 8. The van der Waals surface area contributed by atoms with Gasteiger partial charge < -0.3 is 5.32 Å². The Hall–Kier alpha value is -1.29. The molecule has 0 radical (unpaired) electrons. The Balaban J connectivity index is 1.97. The summed E-state index contributed by atoms with van der Waals surface area (Å²) in [7, 11) is -3.47. The molecule has 20 heavy (non-hydrogen) atoms. The molecule has 0 bridgehead atoms. The number of sulfonamides is 1. The van der Waals surface area contributed by atoms with Crippen molar-refractivity contribution in [2.75, 3.05) is 13.1 Å². The average Bonchev–Trinajstić information content (AvgIpc) is 3.07. The lowest BCUT2D eigenvalue weighted by molar-refractivity contribution is 0.552. The fourth-order valence-electron chi connectivity index (χ4n) is 1.66. The Morgan fingerprint density at radius 2 is 2.30 bits per heavy atom. The number of thiophene rings is 1. The quantitative estimate of drug-likeness (QED) is 0.737. The fraction of sp³-hybridized carbons (Fsp3) is 0.455. The van der Waals surface area contributed by atoms with Crippen molar-refractivity contribution in [1.82, 2.24) is 25.0 Å². The molecule has 0 fully saturated rings. The molecule has 0 aliphatic heterocycles. The van der Waals surface area contributed by atoms with Crippen molar-refractivity contribution in [2.45, 2.75) is 24.9 Å². The lowest BCUT2D eigenvalue weighted by Gasteiger charge is -2.08. The Labute approximate surface area is 122 Å². The highest BCUT2D eigenvalue weighted by Crippen LogP contribution is 2.21. The van der Waals surface area contributed by atoms with Crippen molar-refractivity contribution < 1.29 is 8.42 Å². The maximum absolute atomic E-state index is 12.2. The summed E-state index contributed by atoms with van der Waals surface area (Å²) in [5, 5.41) is 12.4. The van der Waals surface area contributed by atoms with E-state index in [-0.39, 0.29) is 6.54 Å². The average molecular weight is 315 g/mol. The number of hydrogen-bond acceptors (Lipinski definition) is 6. The highest BCUT2D eigenvalue weighted by atomic mass is 32.2. The van der Waals surface area contributed by atoms with Gasteiger partial charge in [0, 0.05) is 24.2 Å². The van der Waals surface area contributed by atoms with Crippen LogP contribution in [0.2, 0.25) is 0 Å². The molecule has 0 aliphatic carbocycles. The molecule has 2 heterocycles. The molecule has 0 spiro atoms. The number of nitrogens with one attached hydrogen (secondary N) is 2. The zero-order valence-corrected chi connectivity index (χ0v) is 12.7. The van der Waals surface area contributed by atoms with Gasteiger partial charge in [-0.15, -0.1) is 16.4 Å². The first kappa shape index (κ1) is 15.1. The minimum Gasteiger partial charge on any atom is -0.312 e. The van der Waals surface area contributed by atoms with Crippen molar-refractivity contribution >= 4 is 21.4 Å². The summed E-state index contributed by atoms with van der Waals surface area (Å²) >= 11 is 1.44. The normalized spacial score (nSPS) is 11.8. The van der Waals surface area contributed by atoms with Crippen molar-refractivity contribution in [3.8, 4) is 0 Å². The van der Waals surface area contributed by atoms with Crippen molar-refractivity contribution in [2.24, 2.45) is 0 Å². The standard InChI is InChI=1S/C11H17N5O2S2/c1-2-12-9-10-11(3-8-19-10)20(17,18)14-5-7-16-6-4-13-15-16/h3-4,6,8,12,14H,2,5,7,9H2,1H3. The summed E-state index contributed by atoms with van der Waals surface area (Å²) in [4.78, 5) is 1.17. The SMILES string of the molecule is CCNCc1sccc1S(=O)(=O)NCCn1ccnn1. The van der Waals surface area contributed by atoms with Gasteiger partial charge in [0.25, 0.3) is 0 Å². The Kier molecular flexibility index (Phi) is 5.24. The second-order valence-corrected chi connectivity index (χ2v) is 6.79. The molecule has 0 atom stereocenters. The van der Waals surface area contributed by atoms with E-state index in [0.717, 1.165) is 11.4 Å². The second-order valence-electron chi connectivity index (χ2n) is 4.05. The highest BCUT2D eigenvalue weighted by Gasteiger charge is 2.18. The number of hydrogen-bond donors (Lipinski definition) is 2. The first-order valence-electron chi connectivity index (χ1n) is 6.24. The molecule has 0 saturated heterocycles. The molecule has 2 aromatic rings. The zero-order chi connectivity index (χ0) is 14.4. The van der Waals surface area contributed by atoms with Crippen LogP contribution in [0.5, 0.6) is 0 Å². The third-order valence-electron chi connectivity index (χ3n) is 2.63. The topological polar surface area (TPSA) is 88.9 Å². The molecule has 0 saturated carbocycles. The monoisotopic (exact) mass is 315 g/mol. The lowest BCUT2D eigenvalue weighted by atomic mass is 10.4. The van der Waals surface area contributed by atoms with Crippen LogP contribution < -0.4 is 10.0 Å². The molecule has 110 valence electrons. The predicted molar refractivity (Wildman–Crippen MR) is 76.9 cm³/mol. The van der Waals surface area contributed by atoms with E-state index >= 15 is 0 Å². The van der Waals surface area contributed by atoms with Crippen LogP contribution in [0.3, 0.4) is 0 Å². The van der Waals surface area contributed by atoms with Crippen LogP contribution >= 0.6 is 11.3 Å². The Bertz CT molecular complexity index is 621. The molecule has 0 aromatic carbocycles. The minimum absolute atomic E-state index is 0.280. The summed E-state index contributed by atoms with van der Waals surface area (Å²) in [6.45, 7) is 4.08. The van der Waals surface area contributed by atoms with Crippen LogP contribution in [-0.2, 0) is 23.1 Å². The van der Waals surface area contributed by atoms with Crippen LogP contribution in [0, 0.1) is 0 Å². The van der Waals surface area contributed by atoms with E-state index in [4.69, 9.17) is 0 Å². The maximum atomic E-state index is 12.2. The van der Waals surface area contributed by atoms with E-state index in [0.29, 0.717) is 18.0 Å². The van der Waals surface area contributed by atoms with Gasteiger partial charge in [-0.1, -0.05) is 12.1 Å². The largest absolute Gasteiger partial charge is 0.312 e. The fourth-order valence-corrected chi connectivity index (χ4v) is 4.09. The summed E-state index contributed by atoms with van der Waals surface area (Å²) in [6, 6.07) is 1.63. The van der Waals surface area contributed by atoms with Crippen LogP contribution in [0.4, 0.5) is 0 Å². The summed E-state index contributed by atoms with van der Waals surface area (Å²) < 4.78 is 28.6. The first-order chi connectivity index (χ1) is 9.63. The van der Waals surface area contributed by atoms with Crippen LogP contribution in [0.1, 0.15) is 11.8 Å². The van der Waals surface area contributed by atoms with Crippen molar-refractivity contribution in [3.63, 3.8) is 0 Å². The van der Waals surface area contributed by atoms with Crippen molar-refractivity contribution in [1.29, 1.82) is 0 Å². The maximum Gasteiger partial charge on any atom is 0.241 e. The van der Waals surface area contributed by atoms with Gasteiger partial charge in [0.1, 0.15) is 0 Å². The third kappa shape index (κ3) is 3.85. The van der Waals surface area contributed by atoms with Gasteiger partial charge in [-0.2, -0.15) is 0 Å². The van der Waals surface area contributed by atoms with E-state index in [1.54, 1.807) is 28.5 Å². The molecule has 2 rings (SSSR count). The van der Waals surface area contributed by atoms with Crippen molar-refractivity contribution in [3.05, 3.63) is 28.7 Å². The molecule has 0 aliphatic rings. The Morgan fingerprint density at radius 3 is 3.00 bits per heavy atom. The van der Waals surface area contributed by atoms with Crippen LogP contribution in [0.15, 0.2) is 28.7 Å². The first-order valence-corrected chi connectivity index (χ1v) is 8.60. The molecule has 2 N–H and O–H groups in total.